The Balaban J connectivity index is 2.08. The Bertz CT molecular complexity index is 491. The molecule has 1 aromatic heterocycles. The molecule has 4 unspecified atom stereocenters. The molecule has 3 heterocycles. The van der Waals surface area contributed by atoms with Gasteiger partial charge in [-0.25, -0.2) is 0 Å². The van der Waals surface area contributed by atoms with Gasteiger partial charge in [0.25, 0.3) is 0 Å². The predicted molar refractivity (Wildman–Crippen MR) is 83.8 cm³/mol. The lowest BCUT2D eigenvalue weighted by atomic mass is 9.69. The molecular weight excluding hydrogens is 246 g/mol. The van der Waals surface area contributed by atoms with E-state index in [1.807, 2.05) is 6.20 Å². The number of rotatable bonds is 2. The van der Waals surface area contributed by atoms with Crippen LogP contribution < -0.4 is 5.32 Å². The van der Waals surface area contributed by atoms with Crippen LogP contribution in [0.5, 0.6) is 0 Å². The number of likely N-dealkylation sites (N-methyl/N-ethyl adjacent to an activating group) is 1. The highest BCUT2D eigenvalue weighted by atomic mass is 15.3. The molecule has 0 radical (unpaired) electrons. The molecule has 0 amide bonds. The smallest absolute Gasteiger partial charge is 0.0870 e. The number of pyridine rings is 1. The summed E-state index contributed by atoms with van der Waals surface area (Å²) < 4.78 is 0. The number of hydrogen-bond acceptors (Lipinski definition) is 3. The standard InChI is InChI=1S/C17H27N3/c1-6-13-15(17(3,4)5)14-11-10-18-9-8-12(11)19-16(14)20(13)7-2/h8-10,13-16,19H,6-7H2,1-5H3. The molecule has 1 N–H and O–H groups in total. The molecule has 4 atom stereocenters. The van der Waals surface area contributed by atoms with E-state index in [0.717, 1.165) is 6.54 Å². The van der Waals surface area contributed by atoms with Gasteiger partial charge in [0.2, 0.25) is 0 Å². The summed E-state index contributed by atoms with van der Waals surface area (Å²) in [5.41, 5.74) is 3.02. The highest BCUT2D eigenvalue weighted by Gasteiger charge is 2.55. The first-order valence-corrected chi connectivity index (χ1v) is 7.95. The third-order valence-corrected chi connectivity index (χ3v) is 5.22. The average molecular weight is 273 g/mol. The van der Waals surface area contributed by atoms with Gasteiger partial charge in [0.15, 0.2) is 0 Å². The topological polar surface area (TPSA) is 28.2 Å². The molecule has 0 aromatic carbocycles. The monoisotopic (exact) mass is 273 g/mol. The number of hydrogen-bond donors (Lipinski definition) is 1. The van der Waals surface area contributed by atoms with E-state index in [4.69, 9.17) is 0 Å². The molecule has 0 bridgehead atoms. The number of nitrogens with one attached hydrogen (secondary N) is 1. The first-order valence-electron chi connectivity index (χ1n) is 7.95. The van der Waals surface area contributed by atoms with Crippen molar-refractivity contribution in [3.05, 3.63) is 24.0 Å². The van der Waals surface area contributed by atoms with Crippen molar-refractivity contribution in [1.82, 2.24) is 9.88 Å². The second-order valence-corrected chi connectivity index (χ2v) is 7.28. The van der Waals surface area contributed by atoms with E-state index in [-0.39, 0.29) is 0 Å². The summed E-state index contributed by atoms with van der Waals surface area (Å²) in [6, 6.07) is 2.79. The Morgan fingerprint density at radius 2 is 2.05 bits per heavy atom. The van der Waals surface area contributed by atoms with Crippen LogP contribution in [0, 0.1) is 11.3 Å². The van der Waals surface area contributed by atoms with Crippen LogP contribution in [0.15, 0.2) is 18.5 Å². The van der Waals surface area contributed by atoms with E-state index < -0.39 is 0 Å². The van der Waals surface area contributed by atoms with Crippen molar-refractivity contribution < 1.29 is 0 Å². The lowest BCUT2D eigenvalue weighted by Crippen LogP contribution is -2.41. The van der Waals surface area contributed by atoms with E-state index in [0.29, 0.717) is 29.5 Å². The van der Waals surface area contributed by atoms with Crippen LogP contribution >= 0.6 is 0 Å². The van der Waals surface area contributed by atoms with Gasteiger partial charge in [0.05, 0.1) is 6.17 Å². The van der Waals surface area contributed by atoms with Gasteiger partial charge in [0.1, 0.15) is 0 Å². The molecule has 3 nitrogen and oxygen atoms in total. The fraction of sp³-hybridized carbons (Fsp3) is 0.706. The minimum atomic E-state index is 0.312. The normalized spacial score (nSPS) is 32.9. The van der Waals surface area contributed by atoms with E-state index in [9.17, 15) is 0 Å². The maximum Gasteiger partial charge on any atom is 0.0870 e. The van der Waals surface area contributed by atoms with Crippen molar-refractivity contribution in [2.24, 2.45) is 11.3 Å². The number of anilines is 1. The molecule has 20 heavy (non-hydrogen) atoms. The Hall–Kier alpha value is -1.09. The van der Waals surface area contributed by atoms with Crippen molar-refractivity contribution in [3.63, 3.8) is 0 Å². The van der Waals surface area contributed by atoms with Crippen molar-refractivity contribution in [3.8, 4) is 0 Å². The van der Waals surface area contributed by atoms with Crippen LogP contribution in [-0.2, 0) is 0 Å². The Kier molecular flexibility index (Phi) is 3.28. The molecular formula is C17H27N3. The third kappa shape index (κ3) is 1.86. The maximum absolute atomic E-state index is 4.38. The molecule has 2 aliphatic rings. The summed E-state index contributed by atoms with van der Waals surface area (Å²) in [6.45, 7) is 12.9. The fourth-order valence-corrected chi connectivity index (χ4v) is 4.59. The van der Waals surface area contributed by atoms with Crippen LogP contribution in [0.1, 0.15) is 52.5 Å². The fourth-order valence-electron chi connectivity index (χ4n) is 4.59. The molecule has 1 fully saturated rings. The zero-order valence-electron chi connectivity index (χ0n) is 13.4. The lowest BCUT2D eigenvalue weighted by Gasteiger charge is -2.37. The highest BCUT2D eigenvalue weighted by molar-refractivity contribution is 5.59. The van der Waals surface area contributed by atoms with Gasteiger partial charge in [-0.3, -0.25) is 9.88 Å². The second-order valence-electron chi connectivity index (χ2n) is 7.28. The van der Waals surface area contributed by atoms with Crippen molar-refractivity contribution >= 4 is 5.69 Å². The molecule has 0 spiro atoms. The average Bonchev–Trinajstić information content (AvgIpc) is 2.90. The molecule has 1 aromatic rings. The van der Waals surface area contributed by atoms with E-state index in [2.05, 4.69) is 62.1 Å². The maximum atomic E-state index is 4.38. The minimum Gasteiger partial charge on any atom is -0.369 e. The van der Waals surface area contributed by atoms with Gasteiger partial charge in [-0.15, -0.1) is 0 Å². The Labute approximate surface area is 122 Å². The number of nitrogens with zero attached hydrogens (tertiary/aromatic N) is 2. The van der Waals surface area contributed by atoms with Gasteiger partial charge < -0.3 is 5.32 Å². The first kappa shape index (κ1) is 13.9. The molecule has 110 valence electrons. The minimum absolute atomic E-state index is 0.312. The van der Waals surface area contributed by atoms with Crippen molar-refractivity contribution in [1.29, 1.82) is 0 Å². The van der Waals surface area contributed by atoms with Crippen LogP contribution in [0.2, 0.25) is 0 Å². The quantitative estimate of drug-likeness (QED) is 0.890. The summed E-state index contributed by atoms with van der Waals surface area (Å²) in [5, 5.41) is 3.75. The van der Waals surface area contributed by atoms with Gasteiger partial charge >= 0.3 is 0 Å². The molecule has 2 aliphatic heterocycles. The van der Waals surface area contributed by atoms with E-state index in [1.54, 1.807) is 0 Å². The van der Waals surface area contributed by atoms with Crippen molar-refractivity contribution in [2.45, 2.75) is 59.2 Å². The van der Waals surface area contributed by atoms with Crippen LogP contribution in [0.25, 0.3) is 0 Å². The number of likely N-dealkylation sites (tertiary alicyclic amines) is 1. The second kappa shape index (κ2) is 4.73. The summed E-state index contributed by atoms with van der Waals surface area (Å²) in [7, 11) is 0. The van der Waals surface area contributed by atoms with Gasteiger partial charge in [-0.2, -0.15) is 0 Å². The first-order chi connectivity index (χ1) is 9.49. The third-order valence-electron chi connectivity index (χ3n) is 5.22. The molecule has 3 heteroatoms. The highest BCUT2D eigenvalue weighted by Crippen LogP contribution is 2.55. The van der Waals surface area contributed by atoms with Gasteiger partial charge in [-0.1, -0.05) is 34.6 Å². The SMILES string of the molecule is CCC1C(C(C)(C)C)C2c3cnccc3NC2N1CC. The van der Waals surface area contributed by atoms with E-state index >= 15 is 0 Å². The zero-order valence-corrected chi connectivity index (χ0v) is 13.4. The van der Waals surface area contributed by atoms with E-state index in [1.165, 1.54) is 17.7 Å². The summed E-state index contributed by atoms with van der Waals surface area (Å²) in [4.78, 5) is 7.04. The largest absolute Gasteiger partial charge is 0.369 e. The molecule has 1 saturated heterocycles. The van der Waals surface area contributed by atoms with Gasteiger partial charge in [-0.05, 0) is 30.4 Å². The molecule has 3 rings (SSSR count). The Morgan fingerprint density at radius 3 is 2.65 bits per heavy atom. The molecule has 0 saturated carbocycles. The van der Waals surface area contributed by atoms with Crippen LogP contribution in [-0.4, -0.2) is 28.6 Å². The summed E-state index contributed by atoms with van der Waals surface area (Å²) in [5.74, 6) is 1.25. The van der Waals surface area contributed by atoms with Crippen LogP contribution in [0.3, 0.4) is 0 Å². The molecule has 0 aliphatic carbocycles. The lowest BCUT2D eigenvalue weighted by molar-refractivity contribution is 0.139. The summed E-state index contributed by atoms with van der Waals surface area (Å²) in [6.07, 6.45) is 5.65. The van der Waals surface area contributed by atoms with Crippen molar-refractivity contribution in [2.75, 3.05) is 11.9 Å². The zero-order chi connectivity index (χ0) is 14.5. The predicted octanol–water partition coefficient (Wildman–Crippen LogP) is 3.69. The summed E-state index contributed by atoms with van der Waals surface area (Å²) >= 11 is 0. The number of fused-ring (bicyclic) bond motifs is 3. The Morgan fingerprint density at radius 1 is 1.30 bits per heavy atom. The van der Waals surface area contributed by atoms with Crippen LogP contribution in [0.4, 0.5) is 5.69 Å². The number of aromatic nitrogens is 1. The van der Waals surface area contributed by atoms with Gasteiger partial charge in [0, 0.05) is 35.6 Å².